The van der Waals surface area contributed by atoms with Crippen molar-refractivity contribution in [1.29, 1.82) is 0 Å². The van der Waals surface area contributed by atoms with E-state index in [1.165, 1.54) is 22.3 Å². The van der Waals surface area contributed by atoms with Crippen LogP contribution in [0.3, 0.4) is 0 Å². The fraction of sp³-hybridized carbons (Fsp3) is 0.176. The summed E-state index contributed by atoms with van der Waals surface area (Å²) in [5.74, 6) is 6.39. The summed E-state index contributed by atoms with van der Waals surface area (Å²) in [5.41, 5.74) is 6.71. The number of halogens is 1. The number of fused-ring (bicyclic) bond motifs is 3. The second-order valence-electron chi connectivity index (χ2n) is 4.45. The summed E-state index contributed by atoms with van der Waals surface area (Å²) in [6.45, 7) is 0. The molecule has 2 aromatic rings. The van der Waals surface area contributed by atoms with Crippen LogP contribution >= 0.6 is 15.9 Å². The highest BCUT2D eigenvalue weighted by atomic mass is 79.9. The van der Waals surface area contributed by atoms with E-state index >= 15 is 0 Å². The molecule has 0 bridgehead atoms. The van der Waals surface area contributed by atoms with Gasteiger partial charge in [0, 0.05) is 17.3 Å². The summed E-state index contributed by atoms with van der Waals surface area (Å²) < 4.78 is 0. The first kappa shape index (κ1) is 11.6. The van der Waals surface area contributed by atoms with Gasteiger partial charge in [0.1, 0.15) is 0 Å². The Morgan fingerprint density at radius 2 is 1.83 bits per heavy atom. The molecular weight excluding hydrogens is 284 g/mol. The van der Waals surface area contributed by atoms with Crippen LogP contribution in [0.4, 0.5) is 0 Å². The maximum Gasteiger partial charge on any atom is 0.0248 e. The van der Waals surface area contributed by atoms with Gasteiger partial charge in [-0.1, -0.05) is 58.1 Å². The topological polar surface area (TPSA) is 0 Å². The Balaban J connectivity index is 1.97. The minimum absolute atomic E-state index is 0.900. The van der Waals surface area contributed by atoms with Crippen LogP contribution in [0.5, 0.6) is 0 Å². The van der Waals surface area contributed by atoms with Crippen molar-refractivity contribution in [3.05, 3.63) is 59.2 Å². The molecule has 0 fully saturated rings. The molecule has 0 amide bonds. The fourth-order valence-corrected chi connectivity index (χ4v) is 2.63. The lowest BCUT2D eigenvalue weighted by Gasteiger charge is -2.00. The van der Waals surface area contributed by atoms with Crippen molar-refractivity contribution in [2.24, 2.45) is 0 Å². The van der Waals surface area contributed by atoms with E-state index in [1.54, 1.807) is 0 Å². The number of hydrogen-bond acceptors (Lipinski definition) is 0. The third-order valence-corrected chi connectivity index (χ3v) is 3.64. The Morgan fingerprint density at radius 3 is 2.72 bits per heavy atom. The van der Waals surface area contributed by atoms with Gasteiger partial charge in [0.25, 0.3) is 0 Å². The van der Waals surface area contributed by atoms with Gasteiger partial charge >= 0.3 is 0 Å². The Bertz CT molecular complexity index is 644. The molecule has 0 saturated carbocycles. The van der Waals surface area contributed by atoms with Gasteiger partial charge in [0.15, 0.2) is 0 Å². The first-order valence-electron chi connectivity index (χ1n) is 6.14. The van der Waals surface area contributed by atoms with E-state index < -0.39 is 0 Å². The van der Waals surface area contributed by atoms with Gasteiger partial charge in [-0.2, -0.15) is 0 Å². The van der Waals surface area contributed by atoms with Crippen molar-refractivity contribution in [3.63, 3.8) is 0 Å². The van der Waals surface area contributed by atoms with Crippen molar-refractivity contribution >= 4 is 15.9 Å². The average molecular weight is 297 g/mol. The maximum atomic E-state index is 3.39. The minimum Gasteiger partial charge on any atom is -0.0970 e. The predicted molar refractivity (Wildman–Crippen MR) is 80.0 cm³/mol. The Hall–Kier alpha value is -1.52. The van der Waals surface area contributed by atoms with Gasteiger partial charge in [-0.3, -0.25) is 0 Å². The van der Waals surface area contributed by atoms with Gasteiger partial charge in [0.05, 0.1) is 0 Å². The quantitative estimate of drug-likeness (QED) is 0.461. The van der Waals surface area contributed by atoms with Gasteiger partial charge in [-0.15, -0.1) is 0 Å². The summed E-state index contributed by atoms with van der Waals surface area (Å²) in [6.07, 6.45) is 1.94. The summed E-state index contributed by atoms with van der Waals surface area (Å²) >= 11 is 3.39. The standard InChI is InChI=1S/C17H13Br/c18-10-4-3-5-13-8-9-17-15(11-13)12-14-6-1-2-7-16(14)17/h1-2,6-9,11H,4,10,12H2. The largest absolute Gasteiger partial charge is 0.0970 e. The molecule has 1 heteroatoms. The molecular formula is C17H13Br. The van der Waals surface area contributed by atoms with Crippen molar-refractivity contribution in [1.82, 2.24) is 0 Å². The molecule has 0 spiro atoms. The van der Waals surface area contributed by atoms with Crippen molar-refractivity contribution < 1.29 is 0 Å². The van der Waals surface area contributed by atoms with Crippen LogP contribution in [0, 0.1) is 11.8 Å². The highest BCUT2D eigenvalue weighted by Gasteiger charge is 2.17. The molecule has 0 aliphatic heterocycles. The molecule has 0 saturated heterocycles. The van der Waals surface area contributed by atoms with E-state index in [4.69, 9.17) is 0 Å². The van der Waals surface area contributed by atoms with E-state index in [9.17, 15) is 0 Å². The highest BCUT2D eigenvalue weighted by Crippen LogP contribution is 2.36. The minimum atomic E-state index is 0.900. The monoisotopic (exact) mass is 296 g/mol. The lowest BCUT2D eigenvalue weighted by molar-refractivity contribution is 1.26. The normalized spacial score (nSPS) is 11.4. The smallest absolute Gasteiger partial charge is 0.0248 e. The lowest BCUT2D eigenvalue weighted by Crippen LogP contribution is -1.82. The number of hydrogen-bond donors (Lipinski definition) is 0. The number of benzene rings is 2. The van der Waals surface area contributed by atoms with Crippen molar-refractivity contribution in [2.75, 3.05) is 5.33 Å². The molecule has 0 nitrogen and oxygen atoms in total. The van der Waals surface area contributed by atoms with E-state index in [1.807, 2.05) is 0 Å². The van der Waals surface area contributed by atoms with Crippen LogP contribution in [-0.2, 0) is 6.42 Å². The first-order chi connectivity index (χ1) is 8.88. The average Bonchev–Trinajstić information content (AvgIpc) is 2.76. The third-order valence-electron chi connectivity index (χ3n) is 3.25. The summed E-state index contributed by atoms with van der Waals surface area (Å²) in [4.78, 5) is 0. The van der Waals surface area contributed by atoms with Crippen LogP contribution in [0.15, 0.2) is 42.5 Å². The van der Waals surface area contributed by atoms with Crippen molar-refractivity contribution in [2.45, 2.75) is 12.8 Å². The summed E-state index contributed by atoms with van der Waals surface area (Å²) in [6, 6.07) is 15.2. The van der Waals surface area contributed by atoms with Crippen LogP contribution < -0.4 is 0 Å². The van der Waals surface area contributed by atoms with Crippen molar-refractivity contribution in [3.8, 4) is 23.0 Å². The van der Waals surface area contributed by atoms with Gasteiger partial charge < -0.3 is 0 Å². The summed E-state index contributed by atoms with van der Waals surface area (Å²) in [7, 11) is 0. The van der Waals surface area contributed by atoms with Crippen LogP contribution in [0.1, 0.15) is 23.1 Å². The number of alkyl halides is 1. The zero-order chi connectivity index (χ0) is 12.4. The second kappa shape index (κ2) is 5.00. The third kappa shape index (κ3) is 2.09. The zero-order valence-electron chi connectivity index (χ0n) is 10.0. The first-order valence-corrected chi connectivity index (χ1v) is 7.26. The molecule has 18 heavy (non-hydrogen) atoms. The molecule has 0 atom stereocenters. The Kier molecular flexibility index (Phi) is 3.21. The van der Waals surface area contributed by atoms with Gasteiger partial charge in [-0.05, 0) is 40.8 Å². The second-order valence-corrected chi connectivity index (χ2v) is 5.24. The molecule has 3 rings (SSSR count). The maximum absolute atomic E-state index is 3.39. The van der Waals surface area contributed by atoms with Crippen LogP contribution in [0.25, 0.3) is 11.1 Å². The molecule has 0 N–H and O–H groups in total. The van der Waals surface area contributed by atoms with E-state index in [0.717, 1.165) is 23.7 Å². The predicted octanol–water partition coefficient (Wildman–Crippen LogP) is 4.39. The molecule has 0 unspecified atom stereocenters. The highest BCUT2D eigenvalue weighted by molar-refractivity contribution is 9.09. The molecule has 1 aliphatic carbocycles. The fourth-order valence-electron chi connectivity index (χ4n) is 2.43. The molecule has 2 aromatic carbocycles. The zero-order valence-corrected chi connectivity index (χ0v) is 11.6. The SMILES string of the molecule is BrCCC#Cc1ccc2c(c1)Cc1ccccc1-2. The Morgan fingerprint density at radius 1 is 1.00 bits per heavy atom. The molecule has 0 heterocycles. The lowest BCUT2D eigenvalue weighted by atomic mass is 10.0. The van der Waals surface area contributed by atoms with Crippen LogP contribution in [-0.4, -0.2) is 5.33 Å². The van der Waals surface area contributed by atoms with E-state index in [0.29, 0.717) is 0 Å². The molecule has 1 aliphatic rings. The Labute approximate surface area is 116 Å². The van der Waals surface area contributed by atoms with Gasteiger partial charge in [0.2, 0.25) is 0 Å². The number of rotatable bonds is 1. The molecule has 0 radical (unpaired) electrons. The van der Waals surface area contributed by atoms with E-state index in [-0.39, 0.29) is 0 Å². The molecule has 88 valence electrons. The van der Waals surface area contributed by atoms with Crippen LogP contribution in [0.2, 0.25) is 0 Å². The van der Waals surface area contributed by atoms with E-state index in [2.05, 4.69) is 70.2 Å². The summed E-state index contributed by atoms with van der Waals surface area (Å²) in [5, 5.41) is 0.941. The molecule has 0 aromatic heterocycles. The van der Waals surface area contributed by atoms with Gasteiger partial charge in [-0.25, -0.2) is 0 Å².